The van der Waals surface area contributed by atoms with Crippen LogP contribution in [-0.2, 0) is 16.6 Å². The molecule has 4 heteroatoms. The Morgan fingerprint density at radius 1 is 1.28 bits per heavy atom. The van der Waals surface area contributed by atoms with Gasteiger partial charge in [0, 0.05) is 35.3 Å². The van der Waals surface area contributed by atoms with Crippen molar-refractivity contribution in [3.8, 4) is 0 Å². The summed E-state index contributed by atoms with van der Waals surface area (Å²) in [4.78, 5) is 22.7. The molecular formula is C14H12N2O2. The first-order chi connectivity index (χ1) is 8.65. The van der Waals surface area contributed by atoms with Gasteiger partial charge in [-0.05, 0) is 12.1 Å². The van der Waals surface area contributed by atoms with Gasteiger partial charge in [0.1, 0.15) is 0 Å². The fourth-order valence-electron chi connectivity index (χ4n) is 2.30. The van der Waals surface area contributed by atoms with E-state index in [9.17, 15) is 9.59 Å². The quantitative estimate of drug-likeness (QED) is 0.608. The Morgan fingerprint density at radius 3 is 2.78 bits per heavy atom. The molecular weight excluding hydrogens is 228 g/mol. The number of amides is 2. The largest absolute Gasteiger partial charge is 0.350 e. The van der Waals surface area contributed by atoms with Crippen LogP contribution in [0.3, 0.4) is 0 Å². The Labute approximate surface area is 104 Å². The van der Waals surface area contributed by atoms with Crippen LogP contribution in [0.2, 0.25) is 0 Å². The maximum absolute atomic E-state index is 11.5. The van der Waals surface area contributed by atoms with Crippen molar-refractivity contribution in [1.29, 1.82) is 0 Å². The van der Waals surface area contributed by atoms with Crippen LogP contribution in [0.4, 0.5) is 0 Å². The molecule has 90 valence electrons. The lowest BCUT2D eigenvalue weighted by molar-refractivity contribution is -0.124. The standard InChI is InChI=1S/C14H12N2O2/c1-16-8-10(11-4-2-3-5-12(11)16)6-9-7-13(17)15-14(9)18/h2-6,8H,7H2,1H3,(H,15,17,18)/b9-6+. The highest BCUT2D eigenvalue weighted by Gasteiger charge is 2.23. The number of fused-ring (bicyclic) bond motifs is 1. The first kappa shape index (κ1) is 10.8. The van der Waals surface area contributed by atoms with E-state index >= 15 is 0 Å². The summed E-state index contributed by atoms with van der Waals surface area (Å²) >= 11 is 0. The van der Waals surface area contributed by atoms with E-state index in [1.54, 1.807) is 6.08 Å². The number of nitrogens with zero attached hydrogens (tertiary/aromatic N) is 1. The number of para-hydroxylation sites is 1. The van der Waals surface area contributed by atoms with Crippen LogP contribution in [0.25, 0.3) is 17.0 Å². The second kappa shape index (κ2) is 3.84. The number of hydrogen-bond acceptors (Lipinski definition) is 2. The third-order valence-electron chi connectivity index (χ3n) is 3.15. The van der Waals surface area contributed by atoms with E-state index in [0.717, 1.165) is 16.5 Å². The predicted octanol–water partition coefficient (Wildman–Crippen LogP) is 1.61. The number of nitrogens with one attached hydrogen (secondary N) is 1. The molecule has 0 atom stereocenters. The third kappa shape index (κ3) is 1.62. The van der Waals surface area contributed by atoms with Gasteiger partial charge in [0.25, 0.3) is 5.91 Å². The van der Waals surface area contributed by atoms with Crippen LogP contribution in [0, 0.1) is 0 Å². The highest BCUT2D eigenvalue weighted by Crippen LogP contribution is 2.24. The summed E-state index contributed by atoms with van der Waals surface area (Å²) in [5, 5.41) is 3.37. The topological polar surface area (TPSA) is 51.1 Å². The Bertz CT molecular complexity index is 695. The summed E-state index contributed by atoms with van der Waals surface area (Å²) in [6.07, 6.45) is 3.93. The molecule has 18 heavy (non-hydrogen) atoms. The summed E-state index contributed by atoms with van der Waals surface area (Å²) in [6.45, 7) is 0. The van der Waals surface area contributed by atoms with Gasteiger partial charge in [0.05, 0.1) is 6.42 Å². The molecule has 1 aliphatic heterocycles. The lowest BCUT2D eigenvalue weighted by atomic mass is 10.1. The van der Waals surface area contributed by atoms with Crippen molar-refractivity contribution < 1.29 is 9.59 Å². The smallest absolute Gasteiger partial charge is 0.254 e. The van der Waals surface area contributed by atoms with Gasteiger partial charge in [0.2, 0.25) is 5.91 Å². The molecule has 0 bridgehead atoms. The van der Waals surface area contributed by atoms with Crippen LogP contribution in [0.5, 0.6) is 0 Å². The van der Waals surface area contributed by atoms with Crippen LogP contribution < -0.4 is 5.32 Å². The monoisotopic (exact) mass is 240 g/mol. The van der Waals surface area contributed by atoms with E-state index in [2.05, 4.69) is 5.32 Å². The van der Waals surface area contributed by atoms with Crippen molar-refractivity contribution in [2.24, 2.45) is 7.05 Å². The number of carbonyl (C=O) groups excluding carboxylic acids is 2. The summed E-state index contributed by atoms with van der Waals surface area (Å²) < 4.78 is 2.01. The molecule has 3 rings (SSSR count). The minimum atomic E-state index is -0.284. The highest BCUT2D eigenvalue weighted by atomic mass is 16.2. The Morgan fingerprint density at radius 2 is 2.06 bits per heavy atom. The van der Waals surface area contributed by atoms with Crippen molar-refractivity contribution in [3.63, 3.8) is 0 Å². The zero-order valence-corrected chi connectivity index (χ0v) is 9.93. The molecule has 1 aromatic carbocycles. The third-order valence-corrected chi connectivity index (χ3v) is 3.15. The Balaban J connectivity index is 2.13. The molecule has 0 unspecified atom stereocenters. The van der Waals surface area contributed by atoms with Gasteiger partial charge in [0.15, 0.2) is 0 Å². The van der Waals surface area contributed by atoms with Gasteiger partial charge in [-0.15, -0.1) is 0 Å². The molecule has 1 aromatic heterocycles. The van der Waals surface area contributed by atoms with Crippen molar-refractivity contribution in [2.45, 2.75) is 6.42 Å². The summed E-state index contributed by atoms with van der Waals surface area (Å²) in [7, 11) is 1.96. The fraction of sp³-hybridized carbons (Fsp3) is 0.143. The predicted molar refractivity (Wildman–Crippen MR) is 68.7 cm³/mol. The van der Waals surface area contributed by atoms with Crippen molar-refractivity contribution in [1.82, 2.24) is 9.88 Å². The van der Waals surface area contributed by atoms with Gasteiger partial charge < -0.3 is 4.57 Å². The Hall–Kier alpha value is -2.36. The minimum absolute atomic E-state index is 0.169. The average molecular weight is 240 g/mol. The van der Waals surface area contributed by atoms with Gasteiger partial charge >= 0.3 is 0 Å². The number of aryl methyl sites for hydroxylation is 1. The van der Waals surface area contributed by atoms with Crippen LogP contribution in [0.15, 0.2) is 36.0 Å². The molecule has 0 aliphatic carbocycles. The van der Waals surface area contributed by atoms with E-state index < -0.39 is 0 Å². The highest BCUT2D eigenvalue weighted by molar-refractivity contribution is 6.16. The molecule has 1 fully saturated rings. The fourth-order valence-corrected chi connectivity index (χ4v) is 2.30. The van der Waals surface area contributed by atoms with Gasteiger partial charge in [-0.1, -0.05) is 18.2 Å². The molecule has 2 heterocycles. The molecule has 0 radical (unpaired) electrons. The maximum atomic E-state index is 11.5. The van der Waals surface area contributed by atoms with Gasteiger partial charge in [-0.25, -0.2) is 0 Å². The number of benzene rings is 1. The SMILES string of the molecule is Cn1cc(/C=C2\CC(=O)NC2=O)c2ccccc21. The van der Waals surface area contributed by atoms with Crippen molar-refractivity contribution in [3.05, 3.63) is 41.6 Å². The number of hydrogen-bond donors (Lipinski definition) is 1. The summed E-state index contributed by atoms with van der Waals surface area (Å²) in [6, 6.07) is 7.98. The van der Waals surface area contributed by atoms with Crippen LogP contribution in [0.1, 0.15) is 12.0 Å². The van der Waals surface area contributed by atoms with Crippen molar-refractivity contribution in [2.75, 3.05) is 0 Å². The second-order valence-corrected chi connectivity index (χ2v) is 4.44. The molecule has 0 spiro atoms. The van der Waals surface area contributed by atoms with Crippen LogP contribution in [-0.4, -0.2) is 16.4 Å². The zero-order chi connectivity index (χ0) is 12.7. The molecule has 1 aliphatic rings. The number of carbonyl (C=O) groups is 2. The number of aromatic nitrogens is 1. The van der Waals surface area contributed by atoms with E-state index in [-0.39, 0.29) is 18.2 Å². The average Bonchev–Trinajstić information content (AvgIpc) is 2.82. The molecule has 0 saturated carbocycles. The van der Waals surface area contributed by atoms with Crippen LogP contribution >= 0.6 is 0 Å². The lowest BCUT2D eigenvalue weighted by Gasteiger charge is -1.94. The van der Waals surface area contributed by atoms with Gasteiger partial charge in [-0.2, -0.15) is 0 Å². The van der Waals surface area contributed by atoms with Crippen molar-refractivity contribution >= 4 is 28.8 Å². The van der Waals surface area contributed by atoms with E-state index in [0.29, 0.717) is 5.57 Å². The Kier molecular flexibility index (Phi) is 2.30. The van der Waals surface area contributed by atoms with E-state index in [4.69, 9.17) is 0 Å². The number of imide groups is 1. The molecule has 1 saturated heterocycles. The van der Waals surface area contributed by atoms with Gasteiger partial charge in [-0.3, -0.25) is 14.9 Å². The zero-order valence-electron chi connectivity index (χ0n) is 9.93. The first-order valence-electron chi connectivity index (χ1n) is 5.74. The van der Waals surface area contributed by atoms with E-state index in [1.165, 1.54) is 0 Å². The minimum Gasteiger partial charge on any atom is -0.350 e. The first-order valence-corrected chi connectivity index (χ1v) is 5.74. The lowest BCUT2D eigenvalue weighted by Crippen LogP contribution is -2.19. The number of rotatable bonds is 1. The molecule has 2 aromatic rings. The molecule has 1 N–H and O–H groups in total. The summed E-state index contributed by atoms with van der Waals surface area (Å²) in [5.74, 6) is -0.514. The maximum Gasteiger partial charge on any atom is 0.254 e. The normalized spacial score (nSPS) is 17.7. The second-order valence-electron chi connectivity index (χ2n) is 4.44. The molecule has 2 amide bonds. The summed E-state index contributed by atoms with van der Waals surface area (Å²) in [5.41, 5.74) is 2.60. The van der Waals surface area contributed by atoms with E-state index in [1.807, 2.05) is 42.1 Å². The molecule has 4 nitrogen and oxygen atoms in total.